The van der Waals surface area contributed by atoms with E-state index in [0.717, 1.165) is 12.0 Å². The Morgan fingerprint density at radius 2 is 1.88 bits per heavy atom. The maximum absolute atomic E-state index is 12.7. The van der Waals surface area contributed by atoms with E-state index in [0.29, 0.717) is 30.4 Å². The number of fused-ring (bicyclic) bond motifs is 2. The van der Waals surface area contributed by atoms with E-state index < -0.39 is 10.0 Å². The van der Waals surface area contributed by atoms with Crippen LogP contribution >= 0.6 is 0 Å². The van der Waals surface area contributed by atoms with Gasteiger partial charge < -0.3 is 9.47 Å². The van der Waals surface area contributed by atoms with E-state index in [9.17, 15) is 8.42 Å². The fourth-order valence-electron chi connectivity index (χ4n) is 2.55. The molecule has 25 heavy (non-hydrogen) atoms. The zero-order valence-electron chi connectivity index (χ0n) is 13.5. The molecule has 1 aliphatic heterocycles. The summed E-state index contributed by atoms with van der Waals surface area (Å²) in [6.45, 7) is 2.96. The Bertz CT molecular complexity index is 1050. The number of aryl methyl sites for hydroxylation is 1. The third kappa shape index (κ3) is 2.98. The molecule has 3 heterocycles. The molecule has 0 saturated carbocycles. The number of rotatable bonds is 3. The van der Waals surface area contributed by atoms with Crippen LogP contribution in [0.1, 0.15) is 12.0 Å². The van der Waals surface area contributed by atoms with E-state index in [1.807, 2.05) is 19.1 Å². The smallest absolute Gasteiger partial charge is 0.264 e. The minimum Gasteiger partial charge on any atom is -0.490 e. The molecule has 3 aromatic rings. The summed E-state index contributed by atoms with van der Waals surface area (Å²) in [6, 6.07) is 8.19. The minimum atomic E-state index is -3.84. The third-order valence-corrected chi connectivity index (χ3v) is 5.15. The van der Waals surface area contributed by atoms with E-state index in [-0.39, 0.29) is 10.8 Å². The second-order valence-electron chi connectivity index (χ2n) is 5.72. The van der Waals surface area contributed by atoms with Crippen molar-refractivity contribution in [3.8, 4) is 11.5 Å². The Balaban J connectivity index is 1.68. The third-order valence-electron chi connectivity index (χ3n) is 3.82. The van der Waals surface area contributed by atoms with Crippen LogP contribution in [0.4, 0.5) is 5.95 Å². The van der Waals surface area contributed by atoms with Gasteiger partial charge in [0, 0.05) is 18.7 Å². The largest absolute Gasteiger partial charge is 0.490 e. The fourth-order valence-corrected chi connectivity index (χ4v) is 3.56. The Morgan fingerprint density at radius 3 is 2.72 bits per heavy atom. The van der Waals surface area contributed by atoms with Crippen LogP contribution in [-0.4, -0.2) is 36.2 Å². The highest BCUT2D eigenvalue weighted by Gasteiger charge is 2.21. The van der Waals surface area contributed by atoms with Gasteiger partial charge in [0.25, 0.3) is 10.0 Å². The average Bonchev–Trinajstić information content (AvgIpc) is 2.81. The highest BCUT2D eigenvalue weighted by Crippen LogP contribution is 2.32. The molecule has 0 saturated heterocycles. The summed E-state index contributed by atoms with van der Waals surface area (Å²) in [4.78, 5) is 0.0700. The van der Waals surface area contributed by atoms with Crippen molar-refractivity contribution < 1.29 is 17.9 Å². The summed E-state index contributed by atoms with van der Waals surface area (Å²) in [5, 5.41) is 7.90. The van der Waals surface area contributed by atoms with Gasteiger partial charge >= 0.3 is 0 Å². The van der Waals surface area contributed by atoms with Gasteiger partial charge in [-0.15, -0.1) is 10.2 Å². The molecule has 4 rings (SSSR count). The summed E-state index contributed by atoms with van der Waals surface area (Å²) < 4.78 is 40.5. The second kappa shape index (κ2) is 5.92. The van der Waals surface area contributed by atoms with Crippen molar-refractivity contribution in [1.29, 1.82) is 0 Å². The second-order valence-corrected chi connectivity index (χ2v) is 7.40. The van der Waals surface area contributed by atoms with Crippen molar-refractivity contribution in [2.24, 2.45) is 0 Å². The Kier molecular flexibility index (Phi) is 3.72. The lowest BCUT2D eigenvalue weighted by Gasteiger charge is -2.10. The Morgan fingerprint density at radius 1 is 1.08 bits per heavy atom. The normalized spacial score (nSPS) is 14.3. The van der Waals surface area contributed by atoms with Crippen LogP contribution in [0.25, 0.3) is 5.65 Å². The maximum atomic E-state index is 12.7. The standard InChI is InChI=1S/C16H16N4O4S/c1-11-5-6-20-15(9-11)17-18-16(20)19-25(21,22)12-3-4-13-14(10-12)24-8-2-7-23-13/h3-6,9-10H,2,7-8H2,1H3,(H,18,19). The molecule has 0 unspecified atom stereocenters. The molecule has 0 bridgehead atoms. The number of anilines is 1. The van der Waals surface area contributed by atoms with Crippen LogP contribution in [0.15, 0.2) is 41.4 Å². The predicted molar refractivity (Wildman–Crippen MR) is 90.6 cm³/mol. The first-order valence-electron chi connectivity index (χ1n) is 7.77. The molecule has 0 radical (unpaired) electrons. The van der Waals surface area contributed by atoms with Crippen molar-refractivity contribution in [3.05, 3.63) is 42.1 Å². The van der Waals surface area contributed by atoms with Crippen LogP contribution in [0.5, 0.6) is 11.5 Å². The molecule has 1 aliphatic rings. The maximum Gasteiger partial charge on any atom is 0.264 e. The molecular weight excluding hydrogens is 344 g/mol. The zero-order valence-corrected chi connectivity index (χ0v) is 14.3. The van der Waals surface area contributed by atoms with E-state index in [1.54, 1.807) is 16.7 Å². The lowest BCUT2D eigenvalue weighted by atomic mass is 10.3. The van der Waals surface area contributed by atoms with Gasteiger partial charge in [0.2, 0.25) is 5.95 Å². The van der Waals surface area contributed by atoms with Crippen molar-refractivity contribution in [2.45, 2.75) is 18.2 Å². The molecule has 130 valence electrons. The molecule has 0 spiro atoms. The first-order valence-corrected chi connectivity index (χ1v) is 9.25. The van der Waals surface area contributed by atoms with Gasteiger partial charge in [0.15, 0.2) is 17.1 Å². The van der Waals surface area contributed by atoms with Crippen LogP contribution in [0, 0.1) is 6.92 Å². The number of sulfonamides is 1. The van der Waals surface area contributed by atoms with Gasteiger partial charge in [-0.25, -0.2) is 13.1 Å². The molecule has 0 atom stereocenters. The number of nitrogens with zero attached hydrogens (tertiary/aromatic N) is 3. The van der Waals surface area contributed by atoms with Crippen molar-refractivity contribution >= 4 is 21.6 Å². The van der Waals surface area contributed by atoms with Crippen molar-refractivity contribution in [3.63, 3.8) is 0 Å². The van der Waals surface area contributed by atoms with Gasteiger partial charge in [-0.1, -0.05) is 0 Å². The molecule has 1 N–H and O–H groups in total. The Hall–Kier alpha value is -2.81. The number of aromatic nitrogens is 3. The molecule has 0 aliphatic carbocycles. The fraction of sp³-hybridized carbons (Fsp3) is 0.250. The van der Waals surface area contributed by atoms with Crippen molar-refractivity contribution in [1.82, 2.24) is 14.6 Å². The van der Waals surface area contributed by atoms with Gasteiger partial charge in [-0.2, -0.15) is 0 Å². The number of hydrogen-bond acceptors (Lipinski definition) is 6. The zero-order chi connectivity index (χ0) is 17.4. The number of nitrogens with one attached hydrogen (secondary N) is 1. The average molecular weight is 360 g/mol. The van der Waals surface area contributed by atoms with E-state index in [4.69, 9.17) is 9.47 Å². The summed E-state index contributed by atoms with van der Waals surface area (Å²) in [5.41, 5.74) is 1.58. The number of benzene rings is 1. The van der Waals surface area contributed by atoms with E-state index in [2.05, 4.69) is 14.9 Å². The first kappa shape index (κ1) is 15.7. The SMILES string of the molecule is Cc1ccn2c(NS(=O)(=O)c3ccc4c(c3)OCCCO4)nnc2c1. The van der Waals surface area contributed by atoms with Crippen LogP contribution < -0.4 is 14.2 Å². The summed E-state index contributed by atoms with van der Waals surface area (Å²) in [6.07, 6.45) is 2.47. The van der Waals surface area contributed by atoms with Crippen LogP contribution in [0.2, 0.25) is 0 Å². The van der Waals surface area contributed by atoms with Gasteiger partial charge in [0.05, 0.1) is 18.1 Å². The highest BCUT2D eigenvalue weighted by molar-refractivity contribution is 7.92. The minimum absolute atomic E-state index is 0.0700. The van der Waals surface area contributed by atoms with Gasteiger partial charge in [-0.3, -0.25) is 4.40 Å². The number of hydrogen-bond donors (Lipinski definition) is 1. The van der Waals surface area contributed by atoms with E-state index in [1.165, 1.54) is 12.1 Å². The molecule has 8 nitrogen and oxygen atoms in total. The van der Waals surface area contributed by atoms with Gasteiger partial charge in [0.1, 0.15) is 0 Å². The van der Waals surface area contributed by atoms with Crippen LogP contribution in [-0.2, 0) is 10.0 Å². The summed E-state index contributed by atoms with van der Waals surface area (Å²) in [5.74, 6) is 1.09. The Labute approximate surface area is 144 Å². The monoisotopic (exact) mass is 360 g/mol. The first-order chi connectivity index (χ1) is 12.0. The highest BCUT2D eigenvalue weighted by atomic mass is 32.2. The van der Waals surface area contributed by atoms with Crippen molar-refractivity contribution in [2.75, 3.05) is 17.9 Å². The quantitative estimate of drug-likeness (QED) is 0.768. The number of pyridine rings is 1. The lowest BCUT2D eigenvalue weighted by Crippen LogP contribution is -2.15. The van der Waals surface area contributed by atoms with Gasteiger partial charge in [-0.05, 0) is 36.8 Å². The molecule has 1 aromatic carbocycles. The molecular formula is C16H16N4O4S. The molecule has 0 amide bonds. The van der Waals surface area contributed by atoms with E-state index >= 15 is 0 Å². The molecule has 2 aromatic heterocycles. The molecule has 0 fully saturated rings. The summed E-state index contributed by atoms with van der Waals surface area (Å²) in [7, 11) is -3.84. The topological polar surface area (TPSA) is 94.8 Å². The van der Waals surface area contributed by atoms with Crippen LogP contribution in [0.3, 0.4) is 0 Å². The molecule has 9 heteroatoms. The summed E-state index contributed by atoms with van der Waals surface area (Å²) >= 11 is 0. The number of ether oxygens (including phenoxy) is 2. The predicted octanol–water partition coefficient (Wildman–Crippen LogP) is 2.00. The lowest BCUT2D eigenvalue weighted by molar-refractivity contribution is 0.297.